The molecule has 0 aromatic heterocycles. The van der Waals surface area contributed by atoms with Gasteiger partial charge in [-0.1, -0.05) is 13.8 Å². The number of hydrogen-bond donors (Lipinski definition) is 2. The molecule has 1 rings (SSSR count). The first kappa shape index (κ1) is 22.0. The summed E-state index contributed by atoms with van der Waals surface area (Å²) in [6.07, 6.45) is 0.643. The van der Waals surface area contributed by atoms with E-state index in [0.717, 1.165) is 0 Å². The van der Waals surface area contributed by atoms with Crippen molar-refractivity contribution in [3.63, 3.8) is 0 Å². The molecule has 0 aliphatic carbocycles. The lowest BCUT2D eigenvalue weighted by atomic mass is 9.92. The molecule has 0 heterocycles. The van der Waals surface area contributed by atoms with Crippen LogP contribution in [0.25, 0.3) is 0 Å². The highest BCUT2D eigenvalue weighted by Crippen LogP contribution is 2.27. The topological polar surface area (TPSA) is 90.6 Å². The Morgan fingerprint density at radius 1 is 1.17 bits per heavy atom. The fourth-order valence-electron chi connectivity index (χ4n) is 2.39. The molecule has 8 heteroatoms. The standard InChI is InChI=1S/C15H26N2O4S.ClH/c1-11(2)9-15(3,10-16)17-22(18,19)14-7-12(20-4)6-13(8-14)21-5;/h6-8,11,17H,9-10,16H2,1-5H3;1H. The van der Waals surface area contributed by atoms with Gasteiger partial charge >= 0.3 is 0 Å². The van der Waals surface area contributed by atoms with E-state index in [4.69, 9.17) is 15.2 Å². The van der Waals surface area contributed by atoms with Gasteiger partial charge in [-0.3, -0.25) is 0 Å². The van der Waals surface area contributed by atoms with Gasteiger partial charge in [-0.05, 0) is 19.3 Å². The highest BCUT2D eigenvalue weighted by Gasteiger charge is 2.30. The smallest absolute Gasteiger partial charge is 0.241 e. The summed E-state index contributed by atoms with van der Waals surface area (Å²) in [7, 11) is -0.784. The highest BCUT2D eigenvalue weighted by atomic mass is 35.5. The summed E-state index contributed by atoms with van der Waals surface area (Å²) < 4.78 is 38.2. The molecule has 1 aromatic carbocycles. The number of methoxy groups -OCH3 is 2. The van der Waals surface area contributed by atoms with Crippen LogP contribution in [-0.4, -0.2) is 34.7 Å². The molecule has 0 saturated carbocycles. The third kappa shape index (κ3) is 6.18. The van der Waals surface area contributed by atoms with Crippen molar-refractivity contribution in [2.45, 2.75) is 37.6 Å². The summed E-state index contributed by atoms with van der Waals surface area (Å²) in [6.45, 7) is 6.07. The molecule has 0 amide bonds. The molecule has 0 fully saturated rings. The van der Waals surface area contributed by atoms with E-state index in [9.17, 15) is 8.42 Å². The van der Waals surface area contributed by atoms with E-state index in [1.807, 2.05) is 20.8 Å². The number of sulfonamides is 1. The lowest BCUT2D eigenvalue weighted by Crippen LogP contribution is -2.51. The maximum Gasteiger partial charge on any atom is 0.241 e. The lowest BCUT2D eigenvalue weighted by molar-refractivity contribution is 0.344. The fourth-order valence-corrected chi connectivity index (χ4v) is 3.86. The average Bonchev–Trinajstić information content (AvgIpc) is 2.45. The van der Waals surface area contributed by atoms with Crippen LogP contribution in [0.15, 0.2) is 23.1 Å². The second kappa shape index (κ2) is 8.73. The van der Waals surface area contributed by atoms with Crippen LogP contribution >= 0.6 is 12.4 Å². The van der Waals surface area contributed by atoms with Gasteiger partial charge in [0.15, 0.2) is 0 Å². The van der Waals surface area contributed by atoms with E-state index in [1.165, 1.54) is 26.4 Å². The van der Waals surface area contributed by atoms with Crippen LogP contribution in [0, 0.1) is 5.92 Å². The molecule has 6 nitrogen and oxygen atoms in total. The number of nitrogens with two attached hydrogens (primary N) is 1. The summed E-state index contributed by atoms with van der Waals surface area (Å²) in [4.78, 5) is 0.0899. The summed E-state index contributed by atoms with van der Waals surface area (Å²) in [5.41, 5.74) is 5.07. The van der Waals surface area contributed by atoms with Gasteiger partial charge in [0.25, 0.3) is 0 Å². The first-order chi connectivity index (χ1) is 10.2. The molecule has 23 heavy (non-hydrogen) atoms. The first-order valence-electron chi connectivity index (χ1n) is 7.13. The zero-order chi connectivity index (χ0) is 17.0. The molecule has 1 unspecified atom stereocenters. The van der Waals surface area contributed by atoms with Gasteiger partial charge in [-0.25, -0.2) is 13.1 Å². The molecule has 1 aromatic rings. The normalized spacial score (nSPS) is 14.0. The fraction of sp³-hybridized carbons (Fsp3) is 0.600. The second-order valence-electron chi connectivity index (χ2n) is 6.02. The number of hydrogen-bond acceptors (Lipinski definition) is 5. The summed E-state index contributed by atoms with van der Waals surface area (Å²) in [5, 5.41) is 0. The summed E-state index contributed by atoms with van der Waals surface area (Å²) in [5.74, 6) is 1.15. The molecular weight excluding hydrogens is 340 g/mol. The van der Waals surface area contributed by atoms with E-state index >= 15 is 0 Å². The molecule has 1 atom stereocenters. The van der Waals surface area contributed by atoms with Crippen LogP contribution in [0.2, 0.25) is 0 Å². The van der Waals surface area contributed by atoms with Crippen molar-refractivity contribution >= 4 is 22.4 Å². The van der Waals surface area contributed by atoms with Crippen molar-refractivity contribution in [1.29, 1.82) is 0 Å². The average molecular weight is 367 g/mol. The van der Waals surface area contributed by atoms with Gasteiger partial charge in [0, 0.05) is 30.3 Å². The van der Waals surface area contributed by atoms with Gasteiger partial charge in [-0.2, -0.15) is 0 Å². The number of benzene rings is 1. The van der Waals surface area contributed by atoms with Crippen molar-refractivity contribution in [2.75, 3.05) is 20.8 Å². The Morgan fingerprint density at radius 3 is 2.00 bits per heavy atom. The first-order valence-corrected chi connectivity index (χ1v) is 8.61. The van der Waals surface area contributed by atoms with Crippen LogP contribution in [0.1, 0.15) is 27.2 Å². The molecule has 0 saturated heterocycles. The maximum absolute atomic E-state index is 12.6. The molecule has 134 valence electrons. The van der Waals surface area contributed by atoms with Crippen LogP contribution < -0.4 is 19.9 Å². The predicted molar refractivity (Wildman–Crippen MR) is 94.0 cm³/mol. The van der Waals surface area contributed by atoms with Crippen molar-refractivity contribution in [3.05, 3.63) is 18.2 Å². The highest BCUT2D eigenvalue weighted by molar-refractivity contribution is 7.89. The zero-order valence-electron chi connectivity index (χ0n) is 14.3. The Hall–Kier alpha value is -1.02. The SMILES string of the molecule is COc1cc(OC)cc(S(=O)(=O)NC(C)(CN)CC(C)C)c1.Cl. The van der Waals surface area contributed by atoms with E-state index in [-0.39, 0.29) is 23.8 Å². The van der Waals surface area contributed by atoms with Gasteiger partial charge in [0.05, 0.1) is 19.1 Å². The number of halogens is 1. The van der Waals surface area contributed by atoms with E-state index in [1.54, 1.807) is 6.07 Å². The quantitative estimate of drug-likeness (QED) is 0.735. The van der Waals surface area contributed by atoms with Gasteiger partial charge in [0.2, 0.25) is 10.0 Å². The monoisotopic (exact) mass is 366 g/mol. The van der Waals surface area contributed by atoms with Crippen LogP contribution in [0.4, 0.5) is 0 Å². The second-order valence-corrected chi connectivity index (χ2v) is 7.70. The van der Waals surface area contributed by atoms with Gasteiger partial charge in [-0.15, -0.1) is 12.4 Å². The minimum atomic E-state index is -3.73. The minimum Gasteiger partial charge on any atom is -0.497 e. The predicted octanol–water partition coefficient (Wildman–Crippen LogP) is 2.17. The third-order valence-corrected chi connectivity index (χ3v) is 4.94. The van der Waals surface area contributed by atoms with E-state index in [0.29, 0.717) is 23.8 Å². The van der Waals surface area contributed by atoms with Crippen molar-refractivity contribution in [3.8, 4) is 11.5 Å². The van der Waals surface area contributed by atoms with Crippen LogP contribution in [0.3, 0.4) is 0 Å². The largest absolute Gasteiger partial charge is 0.497 e. The van der Waals surface area contributed by atoms with Crippen LogP contribution in [0.5, 0.6) is 11.5 Å². The molecule has 0 aliphatic rings. The van der Waals surface area contributed by atoms with Gasteiger partial charge < -0.3 is 15.2 Å². The van der Waals surface area contributed by atoms with Crippen molar-refractivity contribution < 1.29 is 17.9 Å². The number of ether oxygens (including phenoxy) is 2. The molecule has 0 bridgehead atoms. The molecule has 0 aliphatic heterocycles. The van der Waals surface area contributed by atoms with Crippen molar-refractivity contribution in [2.24, 2.45) is 11.7 Å². The van der Waals surface area contributed by atoms with Crippen molar-refractivity contribution in [1.82, 2.24) is 4.72 Å². The Bertz CT molecular complexity index is 585. The van der Waals surface area contributed by atoms with Crippen LogP contribution in [-0.2, 0) is 10.0 Å². The third-order valence-electron chi connectivity index (χ3n) is 3.33. The summed E-state index contributed by atoms with van der Waals surface area (Å²) in [6, 6.07) is 4.53. The van der Waals surface area contributed by atoms with Gasteiger partial charge in [0.1, 0.15) is 11.5 Å². The molecule has 0 spiro atoms. The number of nitrogens with one attached hydrogen (secondary N) is 1. The lowest BCUT2D eigenvalue weighted by Gasteiger charge is -2.30. The number of rotatable bonds is 8. The molecular formula is C15H27ClN2O4S. The molecule has 3 N–H and O–H groups in total. The summed E-state index contributed by atoms with van der Waals surface area (Å²) >= 11 is 0. The van der Waals surface area contributed by atoms with E-state index < -0.39 is 15.6 Å². The molecule has 0 radical (unpaired) electrons. The minimum absolute atomic E-state index is 0. The Morgan fingerprint density at radius 2 is 1.65 bits per heavy atom. The van der Waals surface area contributed by atoms with E-state index in [2.05, 4.69) is 4.72 Å². The zero-order valence-corrected chi connectivity index (χ0v) is 15.9. The Kier molecular flexibility index (Phi) is 8.34. The Balaban J connectivity index is 0.00000484. The maximum atomic E-state index is 12.6. The Labute approximate surface area is 145 Å².